The van der Waals surface area contributed by atoms with Crippen LogP contribution in [0, 0.1) is 10.8 Å². The Morgan fingerprint density at radius 3 is 1.98 bits per heavy atom. The summed E-state index contributed by atoms with van der Waals surface area (Å²) in [5.74, 6) is -0.908. The largest absolute Gasteiger partial charge is 0.460 e. The van der Waals surface area contributed by atoms with Gasteiger partial charge in [0.25, 0.3) is 5.91 Å². The van der Waals surface area contributed by atoms with Crippen molar-refractivity contribution >= 4 is 28.9 Å². The van der Waals surface area contributed by atoms with Crippen LogP contribution in [0.5, 0.6) is 0 Å². The molecule has 0 heterocycles. The number of benzene rings is 3. The highest BCUT2D eigenvalue weighted by molar-refractivity contribution is 6.04. The molecule has 10 nitrogen and oxygen atoms in total. The first kappa shape index (κ1) is 33.5. The van der Waals surface area contributed by atoms with Gasteiger partial charge >= 0.3 is 5.97 Å². The first-order valence-electron chi connectivity index (χ1n) is 14.1. The third-order valence-corrected chi connectivity index (χ3v) is 7.29. The van der Waals surface area contributed by atoms with Crippen molar-refractivity contribution in [3.63, 3.8) is 0 Å². The van der Waals surface area contributed by atoms with Crippen molar-refractivity contribution < 1.29 is 34.0 Å². The predicted molar refractivity (Wildman–Crippen MR) is 164 cm³/mol. The monoisotopic (exact) mass is 591 g/mol. The first-order valence-corrected chi connectivity index (χ1v) is 14.1. The summed E-state index contributed by atoms with van der Waals surface area (Å²) in [6.07, 6.45) is -1.08. The maximum atomic E-state index is 12.7. The number of amides is 1. The molecule has 230 valence electrons. The van der Waals surface area contributed by atoms with E-state index in [2.05, 4.69) is 15.5 Å². The number of carbonyl (C=O) groups excluding carboxylic acids is 2. The van der Waals surface area contributed by atoms with Gasteiger partial charge in [-0.1, -0.05) is 45.9 Å². The molecule has 0 aliphatic carbocycles. The molecule has 0 saturated heterocycles. The molecule has 1 amide bonds. The number of carbonyl (C=O) groups is 2. The van der Waals surface area contributed by atoms with E-state index in [1.54, 1.807) is 24.3 Å². The Kier molecular flexibility index (Phi) is 12.1. The number of esters is 1. The molecule has 0 aliphatic heterocycles. The van der Waals surface area contributed by atoms with Crippen LogP contribution in [0.25, 0.3) is 0 Å². The molecule has 3 atom stereocenters. The summed E-state index contributed by atoms with van der Waals surface area (Å²) in [6.45, 7) is 7.45. The van der Waals surface area contributed by atoms with Crippen molar-refractivity contribution in [1.82, 2.24) is 0 Å². The third-order valence-electron chi connectivity index (χ3n) is 7.29. The molecule has 0 fully saturated rings. The Balaban J connectivity index is 1.45. The van der Waals surface area contributed by atoms with Gasteiger partial charge in [-0.05, 0) is 73.5 Å². The number of nitrogens with zero attached hydrogens (tertiary/aromatic N) is 2. The van der Waals surface area contributed by atoms with E-state index in [9.17, 15) is 19.8 Å². The van der Waals surface area contributed by atoms with Crippen molar-refractivity contribution in [3.05, 3.63) is 90.0 Å². The second kappa shape index (κ2) is 15.5. The first-order chi connectivity index (χ1) is 20.5. The van der Waals surface area contributed by atoms with Crippen molar-refractivity contribution in [2.75, 3.05) is 25.6 Å². The van der Waals surface area contributed by atoms with Gasteiger partial charge < -0.3 is 29.7 Å². The summed E-state index contributed by atoms with van der Waals surface area (Å²) in [5.41, 5.74) is 1.37. The topological polar surface area (TPSA) is 139 Å². The van der Waals surface area contributed by atoms with Gasteiger partial charge in [-0.15, -0.1) is 0 Å². The van der Waals surface area contributed by atoms with E-state index in [0.29, 0.717) is 29.8 Å². The summed E-state index contributed by atoms with van der Waals surface area (Å²) < 4.78 is 15.9. The van der Waals surface area contributed by atoms with Gasteiger partial charge in [0.15, 0.2) is 12.6 Å². The Labute approximate surface area is 252 Å². The summed E-state index contributed by atoms with van der Waals surface area (Å²) in [6, 6.07) is 22.4. The number of aliphatic hydroxyl groups excluding tert-OH is 2. The van der Waals surface area contributed by atoms with E-state index in [0.717, 1.165) is 5.69 Å². The summed E-state index contributed by atoms with van der Waals surface area (Å²) in [5, 5.41) is 32.0. The second-order valence-electron chi connectivity index (χ2n) is 11.2. The van der Waals surface area contributed by atoms with Crippen molar-refractivity contribution in [2.24, 2.45) is 21.1 Å². The third kappa shape index (κ3) is 9.79. The van der Waals surface area contributed by atoms with Crippen LogP contribution in [0.15, 0.2) is 89.1 Å². The lowest BCUT2D eigenvalue weighted by Gasteiger charge is -2.41. The molecular weight excluding hydrogens is 550 g/mol. The fourth-order valence-electron chi connectivity index (χ4n) is 4.60. The molecule has 0 spiro atoms. The van der Waals surface area contributed by atoms with Gasteiger partial charge in [0.2, 0.25) is 0 Å². The Hall–Kier alpha value is -3.96. The fraction of sp³-hybridized carbons (Fsp3) is 0.394. The van der Waals surface area contributed by atoms with Crippen LogP contribution < -0.4 is 5.32 Å². The average molecular weight is 592 g/mol. The highest BCUT2D eigenvalue weighted by Crippen LogP contribution is 2.41. The highest BCUT2D eigenvalue weighted by atomic mass is 16.6. The van der Waals surface area contributed by atoms with Crippen molar-refractivity contribution in [1.29, 1.82) is 0 Å². The quantitative estimate of drug-likeness (QED) is 0.0779. The number of hydrogen-bond acceptors (Lipinski definition) is 9. The SMILES string of the molecule is CCC(C)(CC(C)(C)C(O)OC)C(O)OCCOC(=O)c1ccc(C(=O)Nc2ccc(N=Nc3ccccc3)cc2)cc1. The normalized spacial score (nSPS) is 14.6. The number of nitrogens with one attached hydrogen (secondary N) is 1. The highest BCUT2D eigenvalue weighted by Gasteiger charge is 2.41. The minimum Gasteiger partial charge on any atom is -0.460 e. The van der Waals surface area contributed by atoms with Gasteiger partial charge in [0.05, 0.1) is 23.5 Å². The molecule has 10 heteroatoms. The van der Waals surface area contributed by atoms with E-state index < -0.39 is 29.4 Å². The Morgan fingerprint density at radius 1 is 0.814 bits per heavy atom. The molecule has 3 rings (SSSR count). The molecular formula is C33H41N3O7. The molecule has 0 aromatic heterocycles. The zero-order valence-electron chi connectivity index (χ0n) is 25.3. The number of rotatable bonds is 15. The zero-order valence-corrected chi connectivity index (χ0v) is 25.3. The number of azo groups is 1. The van der Waals surface area contributed by atoms with Crippen LogP contribution in [0.4, 0.5) is 17.1 Å². The van der Waals surface area contributed by atoms with Gasteiger partial charge in [0.1, 0.15) is 6.61 Å². The van der Waals surface area contributed by atoms with Gasteiger partial charge in [-0.25, -0.2) is 4.79 Å². The molecule has 3 N–H and O–H groups in total. The maximum absolute atomic E-state index is 12.7. The molecule has 43 heavy (non-hydrogen) atoms. The fourth-order valence-corrected chi connectivity index (χ4v) is 4.60. The number of methoxy groups -OCH3 is 1. The van der Waals surface area contributed by atoms with Gasteiger partial charge in [0, 0.05) is 29.2 Å². The lowest BCUT2D eigenvalue weighted by molar-refractivity contribution is -0.208. The van der Waals surface area contributed by atoms with E-state index >= 15 is 0 Å². The molecule has 0 bridgehead atoms. The van der Waals surface area contributed by atoms with Crippen LogP contribution in [0.2, 0.25) is 0 Å². The minimum absolute atomic E-state index is 0.0112. The lowest BCUT2D eigenvalue weighted by atomic mass is 9.71. The number of anilines is 1. The molecule has 3 aromatic rings. The Morgan fingerprint density at radius 2 is 1.40 bits per heavy atom. The van der Waals surface area contributed by atoms with Crippen molar-refractivity contribution in [2.45, 2.75) is 53.1 Å². The second-order valence-corrected chi connectivity index (χ2v) is 11.2. The number of hydrogen-bond donors (Lipinski definition) is 3. The molecule has 0 aliphatic rings. The minimum atomic E-state index is -1.13. The van der Waals surface area contributed by atoms with E-state index in [-0.39, 0.29) is 24.7 Å². The molecule has 3 unspecified atom stereocenters. The summed E-state index contributed by atoms with van der Waals surface area (Å²) in [4.78, 5) is 25.2. The molecule has 3 aromatic carbocycles. The van der Waals surface area contributed by atoms with Crippen LogP contribution in [-0.4, -0.2) is 55.0 Å². The number of ether oxygens (including phenoxy) is 3. The van der Waals surface area contributed by atoms with Gasteiger partial charge in [-0.2, -0.15) is 10.2 Å². The Bertz CT molecular complexity index is 1350. The summed E-state index contributed by atoms with van der Waals surface area (Å²) in [7, 11) is 1.43. The van der Waals surface area contributed by atoms with Crippen LogP contribution in [-0.2, 0) is 14.2 Å². The van der Waals surface area contributed by atoms with Crippen molar-refractivity contribution in [3.8, 4) is 0 Å². The lowest BCUT2D eigenvalue weighted by Crippen LogP contribution is -2.42. The smallest absolute Gasteiger partial charge is 0.338 e. The van der Waals surface area contributed by atoms with E-state index in [1.807, 2.05) is 58.0 Å². The molecule has 0 saturated carbocycles. The molecule has 0 radical (unpaired) electrons. The van der Waals surface area contributed by atoms with E-state index in [1.165, 1.54) is 31.4 Å². The summed E-state index contributed by atoms with van der Waals surface area (Å²) >= 11 is 0. The average Bonchev–Trinajstić information content (AvgIpc) is 3.02. The standard InChI is InChI=1S/C33H41N3O7/c1-6-33(4,22-32(2,3)30(39)41-5)31(40)43-21-20-42-29(38)24-14-12-23(13-15-24)28(37)34-25-16-18-27(19-17-25)36-35-26-10-8-7-9-11-26/h7-19,30-31,39-40H,6,20-22H2,1-5H3,(H,34,37). The number of aliphatic hydroxyl groups is 2. The van der Waals surface area contributed by atoms with E-state index in [4.69, 9.17) is 14.2 Å². The zero-order chi connectivity index (χ0) is 31.5. The van der Waals surface area contributed by atoms with Crippen LogP contribution in [0.1, 0.15) is 61.3 Å². The van der Waals surface area contributed by atoms with Gasteiger partial charge in [-0.3, -0.25) is 4.79 Å². The predicted octanol–water partition coefficient (Wildman–Crippen LogP) is 6.64. The van der Waals surface area contributed by atoms with Crippen LogP contribution in [0.3, 0.4) is 0 Å². The van der Waals surface area contributed by atoms with Crippen LogP contribution >= 0.6 is 0 Å². The maximum Gasteiger partial charge on any atom is 0.338 e.